The van der Waals surface area contributed by atoms with E-state index in [1.54, 1.807) is 42.0 Å². The first kappa shape index (κ1) is 26.0. The molecule has 35 heavy (non-hydrogen) atoms. The molecule has 3 N–H and O–H groups in total. The zero-order valence-corrected chi connectivity index (χ0v) is 20.8. The van der Waals surface area contributed by atoms with Crippen LogP contribution < -0.4 is 15.4 Å². The second-order valence-corrected chi connectivity index (χ2v) is 8.70. The minimum Gasteiger partial charge on any atom is -0.497 e. The molecule has 3 rings (SSSR count). The second kappa shape index (κ2) is 12.2. The van der Waals surface area contributed by atoms with E-state index in [1.165, 1.54) is 11.8 Å². The van der Waals surface area contributed by atoms with Gasteiger partial charge in [0.2, 0.25) is 5.91 Å². The number of aromatic nitrogens is 3. The molecule has 0 unspecified atom stereocenters. The van der Waals surface area contributed by atoms with Crippen molar-refractivity contribution in [1.82, 2.24) is 20.1 Å². The summed E-state index contributed by atoms with van der Waals surface area (Å²) < 4.78 is 6.84. The molecule has 10 heteroatoms. The predicted octanol–water partition coefficient (Wildman–Crippen LogP) is 3.28. The summed E-state index contributed by atoms with van der Waals surface area (Å²) in [5, 5.41) is 24.5. The highest BCUT2D eigenvalue weighted by Gasteiger charge is 2.23. The van der Waals surface area contributed by atoms with Crippen LogP contribution in [0, 0.1) is 13.8 Å². The van der Waals surface area contributed by atoms with Gasteiger partial charge in [-0.2, -0.15) is 0 Å². The minimum absolute atomic E-state index is 0.116. The molecule has 0 aliphatic rings. The fourth-order valence-corrected chi connectivity index (χ4v) is 4.10. The van der Waals surface area contributed by atoms with Crippen LogP contribution in [0.1, 0.15) is 33.4 Å². The van der Waals surface area contributed by atoms with Crippen LogP contribution in [0.4, 0.5) is 5.69 Å². The molecule has 2 amide bonds. The summed E-state index contributed by atoms with van der Waals surface area (Å²) in [6.07, 6.45) is 1.66. The number of nitrogens with one attached hydrogen (secondary N) is 2. The number of hydrogen-bond acceptors (Lipinski definition) is 7. The second-order valence-electron chi connectivity index (χ2n) is 7.76. The summed E-state index contributed by atoms with van der Waals surface area (Å²) in [5.74, 6) is 0.567. The molecule has 3 aromatic rings. The average Bonchev–Trinajstić information content (AvgIpc) is 3.26. The summed E-state index contributed by atoms with van der Waals surface area (Å²) in [5.41, 5.74) is 3.29. The van der Waals surface area contributed by atoms with Crippen molar-refractivity contribution in [2.45, 2.75) is 31.6 Å². The van der Waals surface area contributed by atoms with Crippen LogP contribution in [-0.4, -0.2) is 51.2 Å². The number of hydrogen-bond donors (Lipinski definition) is 3. The van der Waals surface area contributed by atoms with Gasteiger partial charge in [0.1, 0.15) is 11.8 Å². The largest absolute Gasteiger partial charge is 0.497 e. The van der Waals surface area contributed by atoms with Crippen molar-refractivity contribution in [3.8, 4) is 5.75 Å². The van der Waals surface area contributed by atoms with Gasteiger partial charge in [0.25, 0.3) is 5.91 Å². The first-order valence-electron chi connectivity index (χ1n) is 11.0. The number of allylic oxidation sites excluding steroid dienone is 1. The van der Waals surface area contributed by atoms with E-state index in [9.17, 15) is 14.7 Å². The molecule has 1 atom stereocenters. The number of nitrogens with zero attached hydrogens (tertiary/aromatic N) is 3. The van der Waals surface area contributed by atoms with Gasteiger partial charge in [-0.1, -0.05) is 30.0 Å². The molecule has 0 spiro atoms. The van der Waals surface area contributed by atoms with Crippen molar-refractivity contribution in [3.63, 3.8) is 0 Å². The van der Waals surface area contributed by atoms with Crippen LogP contribution in [0.15, 0.2) is 60.3 Å². The molecule has 9 nitrogen and oxygen atoms in total. The average molecular weight is 496 g/mol. The van der Waals surface area contributed by atoms with E-state index >= 15 is 0 Å². The van der Waals surface area contributed by atoms with Gasteiger partial charge in [0, 0.05) is 17.8 Å². The molecule has 2 aromatic carbocycles. The number of benzene rings is 2. The Kier molecular flexibility index (Phi) is 9.04. The first-order valence-corrected chi connectivity index (χ1v) is 11.9. The number of rotatable bonds is 11. The number of aryl methyl sites for hydroxylation is 1. The van der Waals surface area contributed by atoms with E-state index in [1.807, 2.05) is 32.0 Å². The minimum atomic E-state index is -0.796. The number of aliphatic hydroxyl groups excluding tert-OH is 1. The molecular weight excluding hydrogens is 466 g/mol. The van der Waals surface area contributed by atoms with Crippen molar-refractivity contribution in [2.24, 2.45) is 0 Å². The first-order chi connectivity index (χ1) is 16.9. The monoisotopic (exact) mass is 495 g/mol. The number of amides is 2. The third-order valence-electron chi connectivity index (χ3n) is 5.42. The molecule has 0 saturated carbocycles. The van der Waals surface area contributed by atoms with E-state index in [0.717, 1.165) is 16.8 Å². The Labute approximate surface area is 208 Å². The van der Waals surface area contributed by atoms with E-state index in [-0.39, 0.29) is 24.2 Å². The van der Waals surface area contributed by atoms with Crippen LogP contribution in [0.2, 0.25) is 0 Å². The van der Waals surface area contributed by atoms with Crippen LogP contribution in [0.5, 0.6) is 5.75 Å². The van der Waals surface area contributed by atoms with Crippen LogP contribution in [0.3, 0.4) is 0 Å². The van der Waals surface area contributed by atoms with Crippen LogP contribution in [-0.2, 0) is 11.3 Å². The predicted molar refractivity (Wildman–Crippen MR) is 136 cm³/mol. The van der Waals surface area contributed by atoms with Crippen molar-refractivity contribution >= 4 is 29.3 Å². The number of carbonyl (C=O) groups excluding carboxylic acids is 2. The molecular formula is C25H29N5O4S. The van der Waals surface area contributed by atoms with Crippen molar-refractivity contribution < 1.29 is 19.4 Å². The highest BCUT2D eigenvalue weighted by molar-refractivity contribution is 7.99. The van der Waals surface area contributed by atoms with Crippen molar-refractivity contribution in [1.29, 1.82) is 0 Å². The number of methoxy groups -OCH3 is 1. The fraction of sp³-hybridized carbons (Fsp3) is 0.280. The zero-order chi connectivity index (χ0) is 25.4. The van der Waals surface area contributed by atoms with Gasteiger partial charge in [0.05, 0.1) is 19.5 Å². The van der Waals surface area contributed by atoms with E-state index in [2.05, 4.69) is 27.4 Å². The molecule has 184 valence electrons. The molecule has 0 aliphatic heterocycles. The highest BCUT2D eigenvalue weighted by atomic mass is 32.2. The summed E-state index contributed by atoms with van der Waals surface area (Å²) in [4.78, 5) is 25.3. The molecule has 1 aromatic heterocycles. The van der Waals surface area contributed by atoms with Crippen LogP contribution in [0.25, 0.3) is 0 Å². The number of ether oxygens (including phenoxy) is 1. The fourth-order valence-electron chi connectivity index (χ4n) is 3.34. The number of anilines is 1. The van der Waals surface area contributed by atoms with E-state index in [4.69, 9.17) is 4.74 Å². The Balaban J connectivity index is 1.71. The standard InChI is InChI=1S/C25H29N5O4S/c1-5-13-30-23(21(14-31)27-24(33)18-9-11-19(34-4)12-10-18)28-29-25(30)35-15-22(32)26-20-8-6-7-16(2)17(20)3/h5-12,21,31H,1,13-15H2,2-4H3,(H,26,32)(H,27,33)/t21-/m0/s1. The number of aliphatic hydroxyl groups is 1. The molecule has 0 aliphatic carbocycles. The lowest BCUT2D eigenvalue weighted by molar-refractivity contribution is -0.113. The van der Waals surface area contributed by atoms with Gasteiger partial charge < -0.3 is 25.0 Å². The van der Waals surface area contributed by atoms with Gasteiger partial charge in [-0.15, -0.1) is 16.8 Å². The van der Waals surface area contributed by atoms with Crippen molar-refractivity contribution in [3.05, 3.63) is 77.6 Å². The van der Waals surface area contributed by atoms with Crippen molar-refractivity contribution in [2.75, 3.05) is 24.8 Å². The Hall–Kier alpha value is -3.63. The Morgan fingerprint density at radius 3 is 2.60 bits per heavy atom. The molecule has 1 heterocycles. The molecule has 0 radical (unpaired) electrons. The smallest absolute Gasteiger partial charge is 0.251 e. The quantitative estimate of drug-likeness (QED) is 0.276. The number of carbonyl (C=O) groups is 2. The van der Waals surface area contributed by atoms with Gasteiger partial charge in [-0.25, -0.2) is 0 Å². The van der Waals surface area contributed by atoms with Gasteiger partial charge in [-0.05, 0) is 55.3 Å². The Morgan fingerprint density at radius 1 is 1.20 bits per heavy atom. The van der Waals surface area contributed by atoms with Gasteiger partial charge in [-0.3, -0.25) is 9.59 Å². The van der Waals surface area contributed by atoms with Crippen LogP contribution >= 0.6 is 11.8 Å². The summed E-state index contributed by atoms with van der Waals surface area (Å²) >= 11 is 1.21. The van der Waals surface area contributed by atoms with Gasteiger partial charge >= 0.3 is 0 Å². The molecule has 0 saturated heterocycles. The zero-order valence-electron chi connectivity index (χ0n) is 19.9. The Morgan fingerprint density at radius 2 is 1.94 bits per heavy atom. The highest BCUT2D eigenvalue weighted by Crippen LogP contribution is 2.23. The maximum Gasteiger partial charge on any atom is 0.251 e. The normalized spacial score (nSPS) is 11.5. The lowest BCUT2D eigenvalue weighted by Crippen LogP contribution is -2.33. The third kappa shape index (κ3) is 6.49. The van der Waals surface area contributed by atoms with E-state index in [0.29, 0.717) is 28.8 Å². The summed E-state index contributed by atoms with van der Waals surface area (Å²) in [6, 6.07) is 11.6. The topological polar surface area (TPSA) is 118 Å². The Bertz CT molecular complexity index is 1190. The third-order valence-corrected chi connectivity index (χ3v) is 6.39. The summed E-state index contributed by atoms with van der Waals surface area (Å²) in [7, 11) is 1.55. The maximum absolute atomic E-state index is 12.7. The lowest BCUT2D eigenvalue weighted by atomic mass is 10.1. The number of thioether (sulfide) groups is 1. The SMILES string of the molecule is C=CCn1c(SCC(=O)Nc2cccc(C)c2C)nnc1[C@H](CO)NC(=O)c1ccc(OC)cc1. The maximum atomic E-state index is 12.7. The summed E-state index contributed by atoms with van der Waals surface area (Å²) in [6.45, 7) is 7.68. The molecule has 0 fully saturated rings. The van der Waals surface area contributed by atoms with E-state index < -0.39 is 6.04 Å². The lowest BCUT2D eigenvalue weighted by Gasteiger charge is -2.17. The van der Waals surface area contributed by atoms with Gasteiger partial charge in [0.15, 0.2) is 11.0 Å². The molecule has 0 bridgehead atoms.